The van der Waals surface area contributed by atoms with Gasteiger partial charge in [-0.1, -0.05) is 25.1 Å². The summed E-state index contributed by atoms with van der Waals surface area (Å²) in [6, 6.07) is 2.81. The molecule has 0 aromatic heterocycles. The van der Waals surface area contributed by atoms with Crippen LogP contribution in [-0.2, 0) is 14.3 Å². The summed E-state index contributed by atoms with van der Waals surface area (Å²) in [7, 11) is 0. The van der Waals surface area contributed by atoms with Gasteiger partial charge in [-0.15, -0.1) is 26.3 Å². The number of nitrogens with zero attached hydrogens (tertiary/aromatic N) is 2. The van der Waals surface area contributed by atoms with Crippen LogP contribution in [0.25, 0.3) is 11.6 Å². The van der Waals surface area contributed by atoms with Gasteiger partial charge in [0.05, 0.1) is 12.8 Å². The van der Waals surface area contributed by atoms with Crippen molar-refractivity contribution < 1.29 is 36.7 Å². The standard InChI is InChI=1S/C24H28F4N2O4.C2H4/c1-4-17(8-9-20(5-2)33-24(26,27)28)19-15-18(23(34-29-3)21(25)16-19)10-13-32-14-12-30-11-6-7-22(30)31;1-2/h8-10,13,15-16H,3-7,11-12,14H2,1-2H3;1-2H2/b13-10?,17-8+,20-9+;. The van der Waals surface area contributed by atoms with Crippen molar-refractivity contribution in [2.75, 3.05) is 19.7 Å². The number of carbonyl (C=O) groups excluding carboxylic acids is 1. The molecular formula is C26H32F4N2O4. The molecule has 0 unspecified atom stereocenters. The summed E-state index contributed by atoms with van der Waals surface area (Å²) in [4.78, 5) is 18.3. The fourth-order valence-electron chi connectivity index (χ4n) is 3.36. The van der Waals surface area contributed by atoms with Gasteiger partial charge in [0, 0.05) is 31.7 Å². The summed E-state index contributed by atoms with van der Waals surface area (Å²) in [6.07, 6.45) is 2.56. The summed E-state index contributed by atoms with van der Waals surface area (Å²) in [5.74, 6) is -1.07. The third-order valence-corrected chi connectivity index (χ3v) is 5.04. The van der Waals surface area contributed by atoms with Gasteiger partial charge in [0.15, 0.2) is 5.82 Å². The molecule has 6 nitrogen and oxygen atoms in total. The van der Waals surface area contributed by atoms with Crippen molar-refractivity contribution >= 4 is 24.3 Å². The number of hydrogen-bond acceptors (Lipinski definition) is 5. The Morgan fingerprint density at radius 3 is 2.47 bits per heavy atom. The van der Waals surface area contributed by atoms with Crippen molar-refractivity contribution in [1.29, 1.82) is 0 Å². The average Bonchev–Trinajstić information content (AvgIpc) is 3.25. The predicted octanol–water partition coefficient (Wildman–Crippen LogP) is 6.86. The van der Waals surface area contributed by atoms with Crippen LogP contribution in [0.5, 0.6) is 5.75 Å². The van der Waals surface area contributed by atoms with Crippen molar-refractivity contribution in [3.05, 3.63) is 66.4 Å². The average molecular weight is 513 g/mol. The normalized spacial score (nSPS) is 14.5. The molecule has 36 heavy (non-hydrogen) atoms. The van der Waals surface area contributed by atoms with E-state index in [1.807, 2.05) is 0 Å². The van der Waals surface area contributed by atoms with Gasteiger partial charge in [0.1, 0.15) is 12.4 Å². The Kier molecular flexibility index (Phi) is 13.1. The minimum absolute atomic E-state index is 0.0352. The van der Waals surface area contributed by atoms with E-state index in [-0.39, 0.29) is 30.4 Å². The number of amides is 1. The number of likely N-dealkylation sites (tertiary alicyclic amines) is 1. The first kappa shape index (κ1) is 30.5. The van der Waals surface area contributed by atoms with E-state index in [9.17, 15) is 22.4 Å². The lowest BCUT2D eigenvalue weighted by atomic mass is 9.99. The minimum Gasteiger partial charge on any atom is -0.499 e. The van der Waals surface area contributed by atoms with E-state index in [0.29, 0.717) is 42.6 Å². The number of carbonyl (C=O) groups is 1. The summed E-state index contributed by atoms with van der Waals surface area (Å²) >= 11 is 0. The molecule has 0 radical (unpaired) electrons. The lowest BCUT2D eigenvalue weighted by molar-refractivity contribution is -0.306. The fourth-order valence-corrected chi connectivity index (χ4v) is 3.36. The highest BCUT2D eigenvalue weighted by Gasteiger charge is 2.31. The Hall–Kier alpha value is -3.56. The van der Waals surface area contributed by atoms with Crippen LogP contribution in [0.15, 0.2) is 54.6 Å². The molecule has 1 aliphatic rings. The predicted molar refractivity (Wildman–Crippen MR) is 132 cm³/mol. The summed E-state index contributed by atoms with van der Waals surface area (Å²) in [5, 5.41) is 3.28. The number of rotatable bonds is 12. The molecule has 2 rings (SSSR count). The maximum absolute atomic E-state index is 14.8. The number of alkyl halides is 3. The Labute approximate surface area is 209 Å². The molecule has 0 atom stereocenters. The molecular weight excluding hydrogens is 480 g/mol. The molecule has 0 bridgehead atoms. The van der Waals surface area contributed by atoms with E-state index >= 15 is 0 Å². The molecule has 0 saturated carbocycles. The van der Waals surface area contributed by atoms with Gasteiger partial charge in [0.2, 0.25) is 11.7 Å². The Bertz CT molecular complexity index is 971. The quantitative estimate of drug-likeness (QED) is 0.0584. The van der Waals surface area contributed by atoms with E-state index in [4.69, 9.17) is 9.57 Å². The molecule has 0 N–H and O–H groups in total. The van der Waals surface area contributed by atoms with Gasteiger partial charge >= 0.3 is 6.36 Å². The van der Waals surface area contributed by atoms with Crippen LogP contribution in [0.1, 0.15) is 50.7 Å². The van der Waals surface area contributed by atoms with E-state index in [1.54, 1.807) is 17.9 Å². The van der Waals surface area contributed by atoms with Gasteiger partial charge < -0.3 is 19.2 Å². The lowest BCUT2D eigenvalue weighted by Gasteiger charge is -2.14. The maximum Gasteiger partial charge on any atom is 0.572 e. The van der Waals surface area contributed by atoms with Crippen LogP contribution in [0, 0.1) is 5.82 Å². The largest absolute Gasteiger partial charge is 0.572 e. The highest BCUT2D eigenvalue weighted by atomic mass is 19.4. The van der Waals surface area contributed by atoms with Crippen LogP contribution >= 0.6 is 0 Å². The van der Waals surface area contributed by atoms with Crippen molar-refractivity contribution in [3.63, 3.8) is 0 Å². The van der Waals surface area contributed by atoms with Gasteiger partial charge in [-0.3, -0.25) is 4.79 Å². The van der Waals surface area contributed by atoms with Crippen molar-refractivity contribution in [1.82, 2.24) is 4.90 Å². The number of allylic oxidation sites excluding steroid dienone is 4. The third kappa shape index (κ3) is 9.97. The Balaban J connectivity index is 0.00000316. The van der Waals surface area contributed by atoms with Crippen LogP contribution in [-0.4, -0.2) is 43.6 Å². The topological polar surface area (TPSA) is 60.4 Å². The maximum atomic E-state index is 14.8. The molecule has 10 heteroatoms. The number of oxime groups is 1. The molecule has 1 fully saturated rings. The highest BCUT2D eigenvalue weighted by Crippen LogP contribution is 2.31. The van der Waals surface area contributed by atoms with E-state index in [2.05, 4.69) is 29.8 Å². The van der Waals surface area contributed by atoms with Crippen molar-refractivity contribution in [3.8, 4) is 5.75 Å². The SMILES string of the molecule is C=C.C=NOc1c(F)cc(/C(=C/C=C(\CC)OC(F)(F)F)CC)cc1C=COCCN1CCCC1=O. The molecule has 0 aliphatic carbocycles. The first-order valence-corrected chi connectivity index (χ1v) is 11.4. The van der Waals surface area contributed by atoms with E-state index < -0.39 is 12.2 Å². The third-order valence-electron chi connectivity index (χ3n) is 5.04. The highest BCUT2D eigenvalue weighted by molar-refractivity contribution is 5.78. The molecule has 1 aromatic carbocycles. The van der Waals surface area contributed by atoms with Crippen molar-refractivity contribution in [2.45, 2.75) is 45.9 Å². The number of benzene rings is 1. The van der Waals surface area contributed by atoms with Crippen LogP contribution in [0.2, 0.25) is 0 Å². The van der Waals surface area contributed by atoms with Crippen LogP contribution in [0.4, 0.5) is 17.6 Å². The monoisotopic (exact) mass is 512 g/mol. The minimum atomic E-state index is -4.79. The number of ether oxygens (including phenoxy) is 2. The van der Waals surface area contributed by atoms with Gasteiger partial charge in [-0.05, 0) is 48.3 Å². The van der Waals surface area contributed by atoms with Gasteiger partial charge in [-0.25, -0.2) is 4.39 Å². The van der Waals surface area contributed by atoms with E-state index in [1.165, 1.54) is 37.5 Å². The molecule has 1 aliphatic heterocycles. The second-order valence-corrected chi connectivity index (χ2v) is 7.33. The van der Waals surface area contributed by atoms with Gasteiger partial charge in [0.25, 0.3) is 0 Å². The van der Waals surface area contributed by atoms with Gasteiger partial charge in [-0.2, -0.15) is 0 Å². The zero-order valence-corrected chi connectivity index (χ0v) is 20.6. The molecule has 0 spiro atoms. The Morgan fingerprint density at radius 2 is 1.92 bits per heavy atom. The molecule has 1 amide bonds. The number of hydrogen-bond donors (Lipinski definition) is 0. The first-order valence-electron chi connectivity index (χ1n) is 11.4. The van der Waals surface area contributed by atoms with Crippen LogP contribution in [0.3, 0.4) is 0 Å². The summed E-state index contributed by atoms with van der Waals surface area (Å²) in [6.45, 7) is 14.0. The number of halogens is 4. The molecule has 1 aromatic rings. The summed E-state index contributed by atoms with van der Waals surface area (Å²) in [5.41, 5.74) is 1.32. The second-order valence-electron chi connectivity index (χ2n) is 7.33. The zero-order chi connectivity index (χ0) is 27.1. The fraction of sp³-hybridized carbons (Fsp3) is 0.385. The lowest BCUT2D eigenvalue weighted by Crippen LogP contribution is -2.27. The zero-order valence-electron chi connectivity index (χ0n) is 20.6. The van der Waals surface area contributed by atoms with Crippen molar-refractivity contribution in [2.24, 2.45) is 5.16 Å². The first-order chi connectivity index (χ1) is 17.2. The second kappa shape index (κ2) is 15.4. The molecule has 1 saturated heterocycles. The Morgan fingerprint density at radius 1 is 1.19 bits per heavy atom. The van der Waals surface area contributed by atoms with Crippen LogP contribution < -0.4 is 4.84 Å². The molecule has 1 heterocycles. The smallest absolute Gasteiger partial charge is 0.499 e. The van der Waals surface area contributed by atoms with E-state index in [0.717, 1.165) is 6.42 Å². The molecule has 198 valence electrons. The summed E-state index contributed by atoms with van der Waals surface area (Å²) < 4.78 is 61.8.